The minimum atomic E-state index is 0.463. The van der Waals surface area contributed by atoms with E-state index in [0.717, 1.165) is 35.9 Å². The van der Waals surface area contributed by atoms with Gasteiger partial charge in [0.15, 0.2) is 5.76 Å². The van der Waals surface area contributed by atoms with Gasteiger partial charge in [0.2, 0.25) is 0 Å². The maximum Gasteiger partial charge on any atom is 0.162 e. The summed E-state index contributed by atoms with van der Waals surface area (Å²) in [4.78, 5) is 0. The van der Waals surface area contributed by atoms with Gasteiger partial charge < -0.3 is 14.6 Å². The Hall–Kier alpha value is -1.36. The van der Waals surface area contributed by atoms with E-state index < -0.39 is 0 Å². The molecule has 0 aliphatic heterocycles. The number of methoxy groups -OCH3 is 1. The Bertz CT molecular complexity index is 593. The minimum absolute atomic E-state index is 0.463. The van der Waals surface area contributed by atoms with Crippen molar-refractivity contribution < 1.29 is 9.26 Å². The van der Waals surface area contributed by atoms with Crippen LogP contribution in [-0.2, 0) is 17.9 Å². The summed E-state index contributed by atoms with van der Waals surface area (Å²) in [7, 11) is 1.64. The molecule has 112 valence electrons. The first kappa shape index (κ1) is 14.6. The third-order valence-corrected chi connectivity index (χ3v) is 4.29. The molecule has 21 heavy (non-hydrogen) atoms. The molecule has 1 aliphatic carbocycles. The van der Waals surface area contributed by atoms with Crippen LogP contribution in [0.15, 0.2) is 34.9 Å². The topological polar surface area (TPSA) is 47.3 Å². The van der Waals surface area contributed by atoms with Gasteiger partial charge in [0.25, 0.3) is 0 Å². The molecule has 0 radical (unpaired) electrons. The Kier molecular flexibility index (Phi) is 4.58. The van der Waals surface area contributed by atoms with Gasteiger partial charge in [0, 0.05) is 30.8 Å². The van der Waals surface area contributed by atoms with E-state index in [1.807, 2.05) is 18.2 Å². The number of rotatable bonds is 6. The zero-order chi connectivity index (χ0) is 14.7. The van der Waals surface area contributed by atoms with Crippen molar-refractivity contribution in [2.45, 2.75) is 38.0 Å². The molecule has 0 amide bonds. The highest BCUT2D eigenvalue weighted by atomic mass is 35.5. The number of nitrogens with one attached hydrogen (secondary N) is 1. The fourth-order valence-electron chi connectivity index (χ4n) is 2.74. The van der Waals surface area contributed by atoms with Crippen LogP contribution < -0.4 is 5.32 Å². The maximum absolute atomic E-state index is 6.23. The third kappa shape index (κ3) is 3.46. The second-order valence-corrected chi connectivity index (χ2v) is 5.89. The average molecular weight is 307 g/mol. The van der Waals surface area contributed by atoms with E-state index in [9.17, 15) is 0 Å². The van der Waals surface area contributed by atoms with E-state index in [-0.39, 0.29) is 0 Å². The fraction of sp³-hybridized carbons (Fsp3) is 0.438. The Morgan fingerprint density at radius 2 is 2.19 bits per heavy atom. The van der Waals surface area contributed by atoms with Crippen molar-refractivity contribution in [2.75, 3.05) is 7.11 Å². The molecule has 1 aromatic heterocycles. The second-order valence-electron chi connectivity index (χ2n) is 5.49. The van der Waals surface area contributed by atoms with Crippen molar-refractivity contribution in [3.63, 3.8) is 0 Å². The molecule has 4 nitrogen and oxygen atoms in total. The molecule has 0 atom stereocenters. The molecule has 1 heterocycles. The average Bonchev–Trinajstić information content (AvgIpc) is 2.87. The molecule has 3 rings (SSSR count). The first-order chi connectivity index (χ1) is 10.3. The molecular formula is C16H19ClN2O2. The Labute approximate surface area is 129 Å². The molecular weight excluding hydrogens is 288 g/mol. The van der Waals surface area contributed by atoms with Crippen molar-refractivity contribution in [1.82, 2.24) is 10.5 Å². The molecule has 2 aromatic rings. The Morgan fingerprint density at radius 1 is 1.38 bits per heavy atom. The number of ether oxygens (including phenoxy) is 1. The lowest BCUT2D eigenvalue weighted by molar-refractivity contribution is 0.155. The lowest BCUT2D eigenvalue weighted by Gasteiger charge is -2.36. The summed E-state index contributed by atoms with van der Waals surface area (Å²) in [6.45, 7) is 1.19. The van der Waals surface area contributed by atoms with E-state index in [0.29, 0.717) is 18.6 Å². The van der Waals surface area contributed by atoms with Crippen LogP contribution in [0.1, 0.15) is 35.8 Å². The third-order valence-electron chi connectivity index (χ3n) is 3.95. The lowest BCUT2D eigenvalue weighted by atomic mass is 9.76. The summed E-state index contributed by atoms with van der Waals surface area (Å²) < 4.78 is 10.2. The van der Waals surface area contributed by atoms with Crippen molar-refractivity contribution in [2.24, 2.45) is 0 Å². The number of halogens is 1. The van der Waals surface area contributed by atoms with Gasteiger partial charge in [-0.1, -0.05) is 35.0 Å². The van der Waals surface area contributed by atoms with Crippen LogP contribution in [0.3, 0.4) is 0 Å². The van der Waals surface area contributed by atoms with Gasteiger partial charge >= 0.3 is 0 Å². The first-order valence-electron chi connectivity index (χ1n) is 7.17. The standard InChI is InChI=1S/C16H19ClN2O2/c1-20-10-14-8-13(19-21-14)9-18-12-6-11(7-12)15-4-2-3-5-16(15)17/h2-5,8,11-12,18H,6-7,9-10H2,1H3. The molecule has 0 spiro atoms. The highest BCUT2D eigenvalue weighted by Crippen LogP contribution is 2.39. The van der Waals surface area contributed by atoms with Crippen molar-refractivity contribution >= 4 is 11.6 Å². The lowest BCUT2D eigenvalue weighted by Crippen LogP contribution is -2.39. The SMILES string of the molecule is COCc1cc(CNC2CC(c3ccccc3Cl)C2)no1. The van der Waals surface area contributed by atoms with E-state index in [2.05, 4.69) is 22.6 Å². The summed E-state index contributed by atoms with van der Waals surface area (Å²) in [5.74, 6) is 1.33. The molecule has 0 saturated heterocycles. The Morgan fingerprint density at radius 3 is 2.95 bits per heavy atom. The summed E-state index contributed by atoms with van der Waals surface area (Å²) in [5, 5.41) is 8.40. The number of benzene rings is 1. The van der Waals surface area contributed by atoms with Crippen molar-refractivity contribution in [3.8, 4) is 0 Å². The van der Waals surface area contributed by atoms with E-state index in [1.54, 1.807) is 7.11 Å². The van der Waals surface area contributed by atoms with Crippen molar-refractivity contribution in [3.05, 3.63) is 52.4 Å². The van der Waals surface area contributed by atoms with Gasteiger partial charge in [-0.2, -0.15) is 0 Å². The maximum atomic E-state index is 6.23. The van der Waals surface area contributed by atoms with Gasteiger partial charge in [-0.15, -0.1) is 0 Å². The van der Waals surface area contributed by atoms with Crippen LogP contribution in [0.4, 0.5) is 0 Å². The minimum Gasteiger partial charge on any atom is -0.377 e. The molecule has 5 heteroatoms. The fourth-order valence-corrected chi connectivity index (χ4v) is 3.03. The number of nitrogens with zero attached hydrogens (tertiary/aromatic N) is 1. The number of aromatic nitrogens is 1. The van der Waals surface area contributed by atoms with Gasteiger partial charge in [-0.25, -0.2) is 0 Å². The van der Waals surface area contributed by atoms with Crippen LogP contribution in [-0.4, -0.2) is 18.3 Å². The van der Waals surface area contributed by atoms with E-state index >= 15 is 0 Å². The monoisotopic (exact) mass is 306 g/mol. The van der Waals surface area contributed by atoms with E-state index in [1.165, 1.54) is 5.56 Å². The zero-order valence-electron chi connectivity index (χ0n) is 12.0. The normalized spacial score (nSPS) is 21.2. The van der Waals surface area contributed by atoms with Crippen LogP contribution in [0.25, 0.3) is 0 Å². The molecule has 1 aromatic carbocycles. The molecule has 1 fully saturated rings. The van der Waals surface area contributed by atoms with Gasteiger partial charge in [0.1, 0.15) is 6.61 Å². The van der Waals surface area contributed by atoms with Crippen LogP contribution in [0, 0.1) is 0 Å². The number of hydrogen-bond donors (Lipinski definition) is 1. The highest BCUT2D eigenvalue weighted by molar-refractivity contribution is 6.31. The van der Waals surface area contributed by atoms with Crippen LogP contribution >= 0.6 is 11.6 Å². The largest absolute Gasteiger partial charge is 0.377 e. The molecule has 1 saturated carbocycles. The smallest absolute Gasteiger partial charge is 0.162 e. The summed E-state index contributed by atoms with van der Waals surface area (Å²) in [6, 6.07) is 10.6. The van der Waals surface area contributed by atoms with Crippen molar-refractivity contribution in [1.29, 1.82) is 0 Å². The first-order valence-corrected chi connectivity index (χ1v) is 7.55. The quantitative estimate of drug-likeness (QED) is 0.887. The highest BCUT2D eigenvalue weighted by Gasteiger charge is 2.31. The molecule has 1 aliphatic rings. The summed E-state index contributed by atoms with van der Waals surface area (Å²) >= 11 is 6.23. The number of hydrogen-bond acceptors (Lipinski definition) is 4. The second kappa shape index (κ2) is 6.60. The molecule has 0 bridgehead atoms. The predicted octanol–water partition coefficient (Wildman–Crippen LogP) is 3.51. The Balaban J connectivity index is 1.45. The summed E-state index contributed by atoms with van der Waals surface area (Å²) in [6.07, 6.45) is 2.24. The van der Waals surface area contributed by atoms with Gasteiger partial charge in [-0.3, -0.25) is 0 Å². The zero-order valence-corrected chi connectivity index (χ0v) is 12.8. The summed E-state index contributed by atoms with van der Waals surface area (Å²) in [5.41, 5.74) is 2.18. The predicted molar refractivity (Wildman–Crippen MR) is 81.3 cm³/mol. The molecule has 0 unspecified atom stereocenters. The van der Waals surface area contributed by atoms with Crippen LogP contribution in [0.2, 0.25) is 5.02 Å². The molecule has 1 N–H and O–H groups in total. The van der Waals surface area contributed by atoms with E-state index in [4.69, 9.17) is 20.9 Å². The van der Waals surface area contributed by atoms with Gasteiger partial charge in [-0.05, 0) is 30.4 Å². The van der Waals surface area contributed by atoms with Crippen LogP contribution in [0.5, 0.6) is 0 Å². The van der Waals surface area contributed by atoms with Gasteiger partial charge in [0.05, 0.1) is 5.69 Å².